The van der Waals surface area contributed by atoms with E-state index in [0.29, 0.717) is 16.7 Å². The van der Waals surface area contributed by atoms with Crippen molar-refractivity contribution in [1.82, 2.24) is 0 Å². The van der Waals surface area contributed by atoms with Crippen molar-refractivity contribution >= 4 is 0 Å². The minimum absolute atomic E-state index is 0.129. The molecule has 16 heavy (non-hydrogen) atoms. The van der Waals surface area contributed by atoms with Gasteiger partial charge in [-0.15, -0.1) is 0 Å². The lowest BCUT2D eigenvalue weighted by Gasteiger charge is -2.46. The maximum absolute atomic E-state index is 10.7. The monoisotopic (exact) mass is 220 g/mol. The second kappa shape index (κ2) is 2.75. The molecule has 3 fully saturated rings. The summed E-state index contributed by atoms with van der Waals surface area (Å²) in [5.74, 6) is 0.360. The predicted octanol–water partition coefficient (Wildman–Crippen LogP) is 3.53. The average molecular weight is 220 g/mol. The second-order valence-corrected chi connectivity index (χ2v) is 7.10. The number of aliphatic hydroxyl groups excluding tert-OH is 1. The third-order valence-corrected chi connectivity index (χ3v) is 6.95. The van der Waals surface area contributed by atoms with E-state index in [9.17, 15) is 5.11 Å². The third kappa shape index (κ3) is 0.827. The normalized spacial score (nSPS) is 60.1. The van der Waals surface area contributed by atoms with Crippen LogP contribution in [0.2, 0.25) is 0 Å². The first-order valence-electron chi connectivity index (χ1n) is 6.73. The summed E-state index contributed by atoms with van der Waals surface area (Å²) in [5.41, 5.74) is 2.07. The summed E-state index contributed by atoms with van der Waals surface area (Å²) in [6, 6.07) is 0. The Morgan fingerprint density at radius 3 is 2.50 bits per heavy atom. The van der Waals surface area contributed by atoms with E-state index in [1.807, 2.05) is 0 Å². The van der Waals surface area contributed by atoms with Gasteiger partial charge in [0.15, 0.2) is 0 Å². The molecule has 0 aromatic carbocycles. The third-order valence-electron chi connectivity index (χ3n) is 6.95. The van der Waals surface area contributed by atoms with Crippen molar-refractivity contribution in [3.8, 4) is 0 Å². The Hall–Kier alpha value is -0.300. The van der Waals surface area contributed by atoms with Gasteiger partial charge in [-0.25, -0.2) is 0 Å². The molecule has 0 aliphatic heterocycles. The standard InChI is InChI=1S/C15H24O/c1-10-6-9-14(3)12(16)11(10)13(2)7-5-8-15(13,14)4/h11-12,16H,1,5-9H2,2-4H3/t11-,12+,13+,14+,15-/m0/s1. The van der Waals surface area contributed by atoms with E-state index in [0.717, 1.165) is 12.8 Å². The summed E-state index contributed by atoms with van der Waals surface area (Å²) in [6.07, 6.45) is 6.02. The van der Waals surface area contributed by atoms with Crippen LogP contribution in [0.25, 0.3) is 0 Å². The fourth-order valence-corrected chi connectivity index (χ4v) is 5.52. The summed E-state index contributed by atoms with van der Waals surface area (Å²) in [6.45, 7) is 11.4. The van der Waals surface area contributed by atoms with E-state index in [1.54, 1.807) is 0 Å². The largest absolute Gasteiger partial charge is 0.392 e. The van der Waals surface area contributed by atoms with Gasteiger partial charge in [0.1, 0.15) is 0 Å². The Labute approximate surface area is 98.9 Å². The summed E-state index contributed by atoms with van der Waals surface area (Å²) >= 11 is 0. The highest BCUT2D eigenvalue weighted by atomic mass is 16.3. The lowest BCUT2D eigenvalue weighted by Crippen LogP contribution is -2.43. The fraction of sp³-hybridized carbons (Fsp3) is 0.867. The van der Waals surface area contributed by atoms with Gasteiger partial charge in [0, 0.05) is 11.3 Å². The Bertz CT molecular complexity index is 360. The van der Waals surface area contributed by atoms with Crippen LogP contribution in [0.3, 0.4) is 0 Å². The van der Waals surface area contributed by atoms with E-state index in [-0.39, 0.29) is 11.5 Å². The highest BCUT2D eigenvalue weighted by molar-refractivity contribution is 5.29. The fourth-order valence-electron chi connectivity index (χ4n) is 5.52. The van der Waals surface area contributed by atoms with Gasteiger partial charge in [-0.3, -0.25) is 0 Å². The summed E-state index contributed by atoms with van der Waals surface area (Å²) in [5, 5.41) is 10.7. The minimum Gasteiger partial charge on any atom is -0.392 e. The minimum atomic E-state index is -0.149. The molecule has 0 spiro atoms. The Kier molecular flexibility index (Phi) is 1.86. The molecular formula is C15H24O. The number of fused-ring (bicyclic) bond motifs is 5. The van der Waals surface area contributed by atoms with Gasteiger partial charge in [-0.05, 0) is 36.5 Å². The molecule has 0 unspecified atom stereocenters. The molecule has 0 heterocycles. The zero-order chi connectivity index (χ0) is 11.8. The van der Waals surface area contributed by atoms with Crippen molar-refractivity contribution in [2.45, 2.75) is 59.0 Å². The van der Waals surface area contributed by atoms with Crippen LogP contribution < -0.4 is 0 Å². The van der Waals surface area contributed by atoms with Gasteiger partial charge < -0.3 is 5.11 Å². The molecule has 1 heteroatoms. The molecule has 0 amide bonds. The molecule has 0 aromatic heterocycles. The van der Waals surface area contributed by atoms with Crippen LogP contribution in [0.1, 0.15) is 52.9 Å². The zero-order valence-corrected chi connectivity index (χ0v) is 10.8. The van der Waals surface area contributed by atoms with Gasteiger partial charge in [-0.1, -0.05) is 39.3 Å². The van der Waals surface area contributed by atoms with Gasteiger partial charge in [-0.2, -0.15) is 0 Å². The molecule has 2 bridgehead atoms. The molecule has 1 nitrogen and oxygen atoms in total. The molecule has 0 radical (unpaired) electrons. The Balaban J connectivity index is 2.21. The van der Waals surface area contributed by atoms with Crippen molar-refractivity contribution in [2.75, 3.05) is 0 Å². The molecule has 0 saturated heterocycles. The molecule has 3 rings (SSSR count). The SMILES string of the molecule is C=C1CC[C@]2(C)[C@H](O)[C@H]1[C@@]1(C)CCC[C@]21C. The van der Waals surface area contributed by atoms with Crippen LogP contribution in [0.5, 0.6) is 0 Å². The molecule has 3 aliphatic rings. The van der Waals surface area contributed by atoms with Gasteiger partial charge in [0.25, 0.3) is 0 Å². The van der Waals surface area contributed by atoms with Crippen molar-refractivity contribution in [3.05, 3.63) is 12.2 Å². The topological polar surface area (TPSA) is 20.2 Å². The van der Waals surface area contributed by atoms with Gasteiger partial charge in [0.05, 0.1) is 6.10 Å². The Morgan fingerprint density at radius 1 is 1.12 bits per heavy atom. The van der Waals surface area contributed by atoms with Crippen LogP contribution in [0.4, 0.5) is 0 Å². The number of rotatable bonds is 0. The quantitative estimate of drug-likeness (QED) is 0.619. The Morgan fingerprint density at radius 2 is 1.81 bits per heavy atom. The lowest BCUT2D eigenvalue weighted by atomic mass is 9.59. The maximum atomic E-state index is 10.7. The van der Waals surface area contributed by atoms with E-state index in [4.69, 9.17) is 0 Å². The van der Waals surface area contributed by atoms with Crippen LogP contribution in [0, 0.1) is 22.2 Å². The van der Waals surface area contributed by atoms with E-state index >= 15 is 0 Å². The van der Waals surface area contributed by atoms with Crippen molar-refractivity contribution in [3.63, 3.8) is 0 Å². The van der Waals surface area contributed by atoms with E-state index in [2.05, 4.69) is 27.4 Å². The lowest BCUT2D eigenvalue weighted by molar-refractivity contribution is -0.0347. The summed E-state index contributed by atoms with van der Waals surface area (Å²) in [4.78, 5) is 0. The van der Waals surface area contributed by atoms with Crippen molar-refractivity contribution in [1.29, 1.82) is 0 Å². The smallest absolute Gasteiger partial charge is 0.0669 e. The van der Waals surface area contributed by atoms with Crippen molar-refractivity contribution in [2.24, 2.45) is 22.2 Å². The van der Waals surface area contributed by atoms with Crippen LogP contribution in [-0.4, -0.2) is 11.2 Å². The zero-order valence-electron chi connectivity index (χ0n) is 10.8. The maximum Gasteiger partial charge on any atom is 0.0669 e. The molecule has 90 valence electrons. The van der Waals surface area contributed by atoms with Gasteiger partial charge in [0.2, 0.25) is 0 Å². The molecule has 1 N–H and O–H groups in total. The molecule has 3 saturated carbocycles. The number of aliphatic hydroxyl groups is 1. The van der Waals surface area contributed by atoms with Gasteiger partial charge >= 0.3 is 0 Å². The summed E-state index contributed by atoms with van der Waals surface area (Å²) < 4.78 is 0. The van der Waals surface area contributed by atoms with E-state index < -0.39 is 0 Å². The molecular weight excluding hydrogens is 196 g/mol. The highest BCUT2D eigenvalue weighted by Crippen LogP contribution is 2.76. The number of hydrogen-bond acceptors (Lipinski definition) is 1. The highest BCUT2D eigenvalue weighted by Gasteiger charge is 2.72. The van der Waals surface area contributed by atoms with Crippen molar-refractivity contribution < 1.29 is 5.11 Å². The predicted molar refractivity (Wildman–Crippen MR) is 66.0 cm³/mol. The average Bonchev–Trinajstić information content (AvgIpc) is 2.55. The van der Waals surface area contributed by atoms with Crippen LogP contribution >= 0.6 is 0 Å². The molecule has 0 aromatic rings. The van der Waals surface area contributed by atoms with E-state index in [1.165, 1.54) is 24.8 Å². The first-order chi connectivity index (χ1) is 7.37. The number of hydrogen-bond donors (Lipinski definition) is 1. The van der Waals surface area contributed by atoms with Crippen LogP contribution in [-0.2, 0) is 0 Å². The first-order valence-corrected chi connectivity index (χ1v) is 6.73. The summed E-state index contributed by atoms with van der Waals surface area (Å²) in [7, 11) is 0. The second-order valence-electron chi connectivity index (χ2n) is 7.10. The van der Waals surface area contributed by atoms with Crippen LogP contribution in [0.15, 0.2) is 12.2 Å². The molecule has 3 aliphatic carbocycles. The molecule has 5 atom stereocenters. The first kappa shape index (κ1) is 10.8.